The number of carbonyl (C=O) groups is 1. The van der Waals surface area contributed by atoms with E-state index in [1.165, 1.54) is 0 Å². The van der Waals surface area contributed by atoms with Crippen LogP contribution in [0.4, 0.5) is 0 Å². The van der Waals surface area contributed by atoms with Crippen LogP contribution in [0.25, 0.3) is 11.0 Å². The summed E-state index contributed by atoms with van der Waals surface area (Å²) in [5.41, 5.74) is 1.28. The van der Waals surface area contributed by atoms with E-state index >= 15 is 0 Å². The number of carbonyl (C=O) groups excluding carboxylic acids is 1. The molecule has 7 heteroatoms. The summed E-state index contributed by atoms with van der Waals surface area (Å²) >= 11 is 0. The lowest BCUT2D eigenvalue weighted by Gasteiger charge is -2.32. The second kappa shape index (κ2) is 5.57. The Labute approximate surface area is 153 Å². The van der Waals surface area contributed by atoms with E-state index < -0.39 is 12.5 Å². The van der Waals surface area contributed by atoms with Crippen LogP contribution in [-0.2, 0) is 24.3 Å². The zero-order valence-corrected chi connectivity index (χ0v) is 16.0. The molecule has 0 unspecified atom stereocenters. The number of nitrogens with zero attached hydrogens (tertiary/aromatic N) is 1. The highest BCUT2D eigenvalue weighted by Gasteiger charge is 2.55. The van der Waals surface area contributed by atoms with Gasteiger partial charge in [0.1, 0.15) is 11.2 Å². The van der Waals surface area contributed by atoms with Crippen LogP contribution < -0.4 is 5.46 Å². The number of imidazole rings is 1. The van der Waals surface area contributed by atoms with Gasteiger partial charge in [0.25, 0.3) is 0 Å². The van der Waals surface area contributed by atoms with Gasteiger partial charge in [-0.2, -0.15) is 0 Å². The number of hydrogen-bond acceptors (Lipinski definition) is 5. The van der Waals surface area contributed by atoms with E-state index in [2.05, 4.69) is 9.97 Å². The standard InChI is InChI=1S/C19H25BN2O4/c1-6-24-16(23)19(9-10-19)15-21-13-8-7-12(11-14(13)22-15)20-25-17(2,3)18(4,5)26-20/h7-8,11H,6,9-10H2,1-5H3,(H,21,22). The van der Waals surface area contributed by atoms with Crippen LogP contribution >= 0.6 is 0 Å². The number of fused-ring (bicyclic) bond motifs is 1. The predicted octanol–water partition coefficient (Wildman–Crippen LogP) is 2.46. The maximum atomic E-state index is 12.3. The van der Waals surface area contributed by atoms with Gasteiger partial charge in [-0.3, -0.25) is 4.79 Å². The Bertz CT molecular complexity index is 854. The molecule has 1 aromatic heterocycles. The Hall–Kier alpha value is -1.86. The number of aromatic amines is 1. The van der Waals surface area contributed by atoms with Crippen LogP contribution in [0.5, 0.6) is 0 Å². The van der Waals surface area contributed by atoms with Gasteiger partial charge in [0.2, 0.25) is 0 Å². The zero-order valence-electron chi connectivity index (χ0n) is 16.0. The molecule has 1 aromatic carbocycles. The van der Waals surface area contributed by atoms with Gasteiger partial charge >= 0.3 is 13.1 Å². The number of ether oxygens (including phenoxy) is 1. The van der Waals surface area contributed by atoms with Crippen molar-refractivity contribution in [3.05, 3.63) is 24.0 Å². The molecule has 0 amide bonds. The van der Waals surface area contributed by atoms with Gasteiger partial charge in [0.15, 0.2) is 0 Å². The normalized spacial score (nSPS) is 22.6. The molecule has 2 aromatic rings. The smallest absolute Gasteiger partial charge is 0.465 e. The van der Waals surface area contributed by atoms with E-state index in [1.807, 2.05) is 52.8 Å². The molecule has 0 radical (unpaired) electrons. The van der Waals surface area contributed by atoms with E-state index in [1.54, 1.807) is 0 Å². The van der Waals surface area contributed by atoms with Gasteiger partial charge in [-0.15, -0.1) is 0 Å². The summed E-state index contributed by atoms with van der Waals surface area (Å²) in [6.07, 6.45) is 1.55. The number of H-pyrrole nitrogens is 1. The first kappa shape index (κ1) is 17.6. The summed E-state index contributed by atoms with van der Waals surface area (Å²) in [6.45, 7) is 10.4. The van der Waals surface area contributed by atoms with Crippen LogP contribution in [-0.4, -0.2) is 40.9 Å². The van der Waals surface area contributed by atoms with Crippen molar-refractivity contribution in [1.29, 1.82) is 0 Å². The second-order valence-electron chi connectivity index (χ2n) is 8.25. The van der Waals surface area contributed by atoms with Crippen molar-refractivity contribution in [2.75, 3.05) is 6.61 Å². The molecule has 138 valence electrons. The third-order valence-electron chi connectivity index (χ3n) is 5.90. The van der Waals surface area contributed by atoms with Crippen molar-refractivity contribution >= 4 is 29.6 Å². The van der Waals surface area contributed by atoms with E-state index in [0.29, 0.717) is 12.4 Å². The van der Waals surface area contributed by atoms with Crippen molar-refractivity contribution in [2.45, 2.75) is 64.1 Å². The fourth-order valence-electron chi connectivity index (χ4n) is 3.31. The lowest BCUT2D eigenvalue weighted by atomic mass is 9.79. The van der Waals surface area contributed by atoms with E-state index in [9.17, 15) is 4.79 Å². The molecular weight excluding hydrogens is 331 g/mol. The summed E-state index contributed by atoms with van der Waals surface area (Å²) in [4.78, 5) is 20.3. The highest BCUT2D eigenvalue weighted by atomic mass is 16.7. The maximum absolute atomic E-state index is 12.3. The molecule has 0 atom stereocenters. The van der Waals surface area contributed by atoms with Crippen LogP contribution in [0, 0.1) is 0 Å². The minimum atomic E-state index is -0.598. The summed E-state index contributed by atoms with van der Waals surface area (Å²) in [5.74, 6) is 0.502. The first-order valence-corrected chi connectivity index (χ1v) is 9.21. The quantitative estimate of drug-likeness (QED) is 0.673. The van der Waals surface area contributed by atoms with Crippen molar-refractivity contribution in [3.63, 3.8) is 0 Å². The van der Waals surface area contributed by atoms with Crippen molar-refractivity contribution < 1.29 is 18.8 Å². The van der Waals surface area contributed by atoms with Crippen LogP contribution in [0.3, 0.4) is 0 Å². The predicted molar refractivity (Wildman–Crippen MR) is 99.4 cm³/mol. The molecule has 1 aliphatic heterocycles. The number of aromatic nitrogens is 2. The fraction of sp³-hybridized carbons (Fsp3) is 0.579. The lowest BCUT2D eigenvalue weighted by molar-refractivity contribution is -0.146. The molecule has 1 saturated carbocycles. The molecule has 0 spiro atoms. The Morgan fingerprint density at radius 1 is 1.23 bits per heavy atom. The minimum Gasteiger partial charge on any atom is -0.465 e. The van der Waals surface area contributed by atoms with E-state index in [-0.39, 0.29) is 17.2 Å². The molecule has 6 nitrogen and oxygen atoms in total. The maximum Gasteiger partial charge on any atom is 0.494 e. The Balaban J connectivity index is 1.65. The third-order valence-corrected chi connectivity index (χ3v) is 5.90. The average Bonchev–Trinajstić information content (AvgIpc) is 3.21. The Morgan fingerprint density at radius 2 is 1.88 bits per heavy atom. The summed E-state index contributed by atoms with van der Waals surface area (Å²) in [6, 6.07) is 5.91. The first-order valence-electron chi connectivity index (χ1n) is 9.21. The van der Waals surface area contributed by atoms with Crippen molar-refractivity contribution in [2.24, 2.45) is 0 Å². The lowest BCUT2D eigenvalue weighted by Crippen LogP contribution is -2.41. The largest absolute Gasteiger partial charge is 0.494 e. The molecule has 1 saturated heterocycles. The number of benzene rings is 1. The van der Waals surface area contributed by atoms with Gasteiger partial charge in [-0.05, 0) is 65.1 Å². The highest BCUT2D eigenvalue weighted by Crippen LogP contribution is 2.48. The summed E-state index contributed by atoms with van der Waals surface area (Å²) in [5, 5.41) is 0. The minimum absolute atomic E-state index is 0.190. The second-order valence-corrected chi connectivity index (χ2v) is 8.25. The monoisotopic (exact) mass is 356 g/mol. The average molecular weight is 356 g/mol. The zero-order chi connectivity index (χ0) is 18.7. The first-order chi connectivity index (χ1) is 12.2. The molecule has 1 N–H and O–H groups in total. The van der Waals surface area contributed by atoms with Crippen molar-refractivity contribution in [3.8, 4) is 0 Å². The van der Waals surface area contributed by atoms with Gasteiger partial charge in [-0.1, -0.05) is 6.07 Å². The molecular formula is C19H25BN2O4. The molecule has 2 aliphatic rings. The number of hydrogen-bond donors (Lipinski definition) is 1. The SMILES string of the molecule is CCOC(=O)C1(c2nc3ccc(B4OC(C)(C)C(C)(C)O4)cc3[nH]2)CC1. The molecule has 2 heterocycles. The third kappa shape index (κ3) is 2.56. The molecule has 0 bridgehead atoms. The van der Waals surface area contributed by atoms with Crippen LogP contribution in [0.15, 0.2) is 18.2 Å². The molecule has 26 heavy (non-hydrogen) atoms. The number of rotatable bonds is 4. The molecule has 4 rings (SSSR count). The Morgan fingerprint density at radius 3 is 2.46 bits per heavy atom. The van der Waals surface area contributed by atoms with E-state index in [4.69, 9.17) is 14.0 Å². The van der Waals surface area contributed by atoms with Gasteiger partial charge in [0, 0.05) is 0 Å². The van der Waals surface area contributed by atoms with Crippen LogP contribution in [0.1, 0.15) is 53.3 Å². The number of nitrogens with one attached hydrogen (secondary N) is 1. The Kier molecular flexibility index (Phi) is 3.76. The molecule has 2 fully saturated rings. The van der Waals surface area contributed by atoms with Gasteiger partial charge in [0.05, 0.1) is 28.8 Å². The number of esters is 1. The van der Waals surface area contributed by atoms with Gasteiger partial charge < -0.3 is 19.0 Å². The topological polar surface area (TPSA) is 73.4 Å². The fourth-order valence-corrected chi connectivity index (χ4v) is 3.31. The molecule has 1 aliphatic carbocycles. The van der Waals surface area contributed by atoms with Gasteiger partial charge in [-0.25, -0.2) is 4.98 Å². The summed E-state index contributed by atoms with van der Waals surface area (Å²) < 4.78 is 17.5. The van der Waals surface area contributed by atoms with E-state index in [0.717, 1.165) is 29.3 Å². The van der Waals surface area contributed by atoms with Crippen molar-refractivity contribution in [1.82, 2.24) is 9.97 Å². The highest BCUT2D eigenvalue weighted by molar-refractivity contribution is 6.62. The summed E-state index contributed by atoms with van der Waals surface area (Å²) in [7, 11) is -0.420. The van der Waals surface area contributed by atoms with Crippen LogP contribution in [0.2, 0.25) is 0 Å².